The Morgan fingerprint density at radius 1 is 0.974 bits per heavy atom. The van der Waals surface area contributed by atoms with Crippen molar-refractivity contribution in [2.45, 2.75) is 62.9 Å². The lowest BCUT2D eigenvalue weighted by molar-refractivity contribution is -0.143. The van der Waals surface area contributed by atoms with E-state index >= 15 is 0 Å². The lowest BCUT2D eigenvalue weighted by atomic mass is 10.0. The maximum atomic E-state index is 13.1. The van der Waals surface area contributed by atoms with Gasteiger partial charge in [-0.15, -0.1) is 0 Å². The number of aliphatic carboxylic acids is 1. The molecule has 3 amide bonds. The third kappa shape index (κ3) is 12.3. The van der Waals surface area contributed by atoms with Crippen LogP contribution in [0, 0.1) is 0 Å². The molecule has 14 heteroatoms. The van der Waals surface area contributed by atoms with Gasteiger partial charge in [0.15, 0.2) is 5.96 Å². The molecule has 5 atom stereocenters. The Kier molecular flexibility index (Phi) is 14.8. The predicted octanol–water partition coefficient (Wildman–Crippen LogP) is -1.72. The van der Waals surface area contributed by atoms with E-state index in [9.17, 15) is 29.4 Å². The summed E-state index contributed by atoms with van der Waals surface area (Å²) in [6.07, 6.45) is 1.25. The van der Waals surface area contributed by atoms with Crippen LogP contribution in [0.4, 0.5) is 0 Å². The summed E-state index contributed by atoms with van der Waals surface area (Å²) < 4.78 is 0. The van der Waals surface area contributed by atoms with Crippen molar-refractivity contribution in [1.29, 1.82) is 0 Å². The third-order valence-corrected chi connectivity index (χ3v) is 6.15. The number of amides is 3. The van der Waals surface area contributed by atoms with Crippen LogP contribution in [0.15, 0.2) is 35.3 Å². The fourth-order valence-corrected chi connectivity index (χ4v) is 3.90. The number of carboxylic acid groups (broad SMARTS) is 1. The molecule has 0 fully saturated rings. The second kappa shape index (κ2) is 17.2. The largest absolute Gasteiger partial charge is 0.480 e. The van der Waals surface area contributed by atoms with Crippen molar-refractivity contribution >= 4 is 41.4 Å². The van der Waals surface area contributed by atoms with Crippen LogP contribution in [0.3, 0.4) is 0 Å². The van der Waals surface area contributed by atoms with Crippen molar-refractivity contribution in [2.24, 2.45) is 22.2 Å². The van der Waals surface area contributed by atoms with E-state index in [0.717, 1.165) is 5.56 Å². The number of carbonyl (C=O) groups is 4. The van der Waals surface area contributed by atoms with Gasteiger partial charge in [-0.1, -0.05) is 30.3 Å². The summed E-state index contributed by atoms with van der Waals surface area (Å²) in [4.78, 5) is 54.1. The highest BCUT2D eigenvalue weighted by molar-refractivity contribution is 7.98. The Hall–Kier alpha value is -3.36. The van der Waals surface area contributed by atoms with Crippen LogP contribution in [0.25, 0.3) is 0 Å². The second-order valence-electron chi connectivity index (χ2n) is 8.71. The van der Waals surface area contributed by atoms with E-state index in [-0.39, 0.29) is 31.8 Å². The Morgan fingerprint density at radius 3 is 2.16 bits per heavy atom. The van der Waals surface area contributed by atoms with Crippen LogP contribution in [0.2, 0.25) is 0 Å². The molecule has 0 radical (unpaired) electrons. The van der Waals surface area contributed by atoms with Crippen molar-refractivity contribution in [3.05, 3.63) is 35.9 Å². The normalized spacial score (nSPS) is 14.7. The fourth-order valence-electron chi connectivity index (χ4n) is 3.43. The monoisotopic (exact) mass is 553 g/mol. The first kappa shape index (κ1) is 32.7. The highest BCUT2D eigenvalue weighted by atomic mass is 32.2. The van der Waals surface area contributed by atoms with Crippen LogP contribution in [-0.2, 0) is 25.6 Å². The summed E-state index contributed by atoms with van der Waals surface area (Å²) >= 11 is 1.41. The van der Waals surface area contributed by atoms with E-state index in [1.165, 1.54) is 18.7 Å². The molecule has 0 aliphatic rings. The maximum Gasteiger partial charge on any atom is 0.326 e. The van der Waals surface area contributed by atoms with Gasteiger partial charge in [0, 0.05) is 6.54 Å². The zero-order valence-corrected chi connectivity index (χ0v) is 22.4. The van der Waals surface area contributed by atoms with Gasteiger partial charge in [-0.05, 0) is 50.2 Å². The average Bonchev–Trinajstić information content (AvgIpc) is 2.86. The van der Waals surface area contributed by atoms with Gasteiger partial charge < -0.3 is 43.4 Å². The number of guanidine groups is 1. The highest BCUT2D eigenvalue weighted by Crippen LogP contribution is 2.07. The SMILES string of the molecule is CSCCC(NC(=O)C(NC(=O)C(CCCN=C(N)N)NC(=O)C(N)Cc1ccccc1)C(C)O)C(=O)O. The number of aliphatic hydroxyl groups excluding tert-OH is 1. The number of thioether (sulfide) groups is 1. The Balaban J connectivity index is 2.97. The van der Waals surface area contributed by atoms with E-state index in [2.05, 4.69) is 20.9 Å². The summed E-state index contributed by atoms with van der Waals surface area (Å²) in [5, 5.41) is 26.9. The Morgan fingerprint density at radius 2 is 1.61 bits per heavy atom. The quantitative estimate of drug-likeness (QED) is 0.0617. The summed E-state index contributed by atoms with van der Waals surface area (Å²) in [6.45, 7) is 1.47. The predicted molar refractivity (Wildman–Crippen MR) is 146 cm³/mol. The second-order valence-corrected chi connectivity index (χ2v) is 9.70. The smallest absolute Gasteiger partial charge is 0.326 e. The average molecular weight is 554 g/mol. The highest BCUT2D eigenvalue weighted by Gasteiger charge is 2.32. The number of nitrogens with one attached hydrogen (secondary N) is 3. The molecule has 0 bridgehead atoms. The Bertz CT molecular complexity index is 943. The molecule has 0 aromatic heterocycles. The number of hydrogen-bond donors (Lipinski definition) is 8. The molecule has 1 aromatic rings. The van der Waals surface area contributed by atoms with Gasteiger partial charge in [-0.25, -0.2) is 4.79 Å². The Labute approximate surface area is 226 Å². The number of aliphatic hydroxyl groups is 1. The van der Waals surface area contributed by atoms with Crippen molar-refractivity contribution in [3.8, 4) is 0 Å². The molecular weight excluding hydrogens is 514 g/mol. The molecule has 1 rings (SSSR count). The van der Waals surface area contributed by atoms with Crippen molar-refractivity contribution in [1.82, 2.24) is 16.0 Å². The molecule has 38 heavy (non-hydrogen) atoms. The van der Waals surface area contributed by atoms with Crippen molar-refractivity contribution in [2.75, 3.05) is 18.6 Å². The van der Waals surface area contributed by atoms with Crippen LogP contribution in [0.1, 0.15) is 31.7 Å². The minimum absolute atomic E-state index is 0.103. The van der Waals surface area contributed by atoms with Gasteiger partial charge in [-0.3, -0.25) is 19.4 Å². The topological polar surface area (TPSA) is 235 Å². The van der Waals surface area contributed by atoms with Crippen molar-refractivity contribution < 1.29 is 29.4 Å². The van der Waals surface area contributed by atoms with E-state index in [4.69, 9.17) is 17.2 Å². The zero-order chi connectivity index (χ0) is 28.7. The molecule has 0 aliphatic heterocycles. The van der Waals surface area contributed by atoms with Gasteiger partial charge >= 0.3 is 5.97 Å². The first-order valence-electron chi connectivity index (χ1n) is 12.1. The first-order valence-corrected chi connectivity index (χ1v) is 13.5. The fraction of sp³-hybridized carbons (Fsp3) is 0.542. The number of nitrogens with zero attached hydrogens (tertiary/aromatic N) is 1. The molecule has 212 valence electrons. The van der Waals surface area contributed by atoms with Gasteiger partial charge in [-0.2, -0.15) is 11.8 Å². The van der Waals surface area contributed by atoms with E-state index in [1.807, 2.05) is 30.3 Å². The minimum atomic E-state index is -1.46. The number of benzene rings is 1. The zero-order valence-electron chi connectivity index (χ0n) is 21.6. The van der Waals surface area contributed by atoms with E-state index in [0.29, 0.717) is 12.2 Å². The van der Waals surface area contributed by atoms with Crippen LogP contribution >= 0.6 is 11.8 Å². The van der Waals surface area contributed by atoms with Gasteiger partial charge in [0.05, 0.1) is 12.1 Å². The molecule has 0 heterocycles. The van der Waals surface area contributed by atoms with Crippen LogP contribution in [-0.4, -0.2) is 88.7 Å². The molecule has 11 N–H and O–H groups in total. The molecule has 1 aromatic carbocycles. The molecular formula is C24H39N7O6S. The molecule has 0 aliphatic carbocycles. The van der Waals surface area contributed by atoms with E-state index < -0.39 is 54.0 Å². The number of carboxylic acids is 1. The van der Waals surface area contributed by atoms with Crippen LogP contribution in [0.5, 0.6) is 0 Å². The van der Waals surface area contributed by atoms with Gasteiger partial charge in [0.25, 0.3) is 0 Å². The maximum absolute atomic E-state index is 13.1. The molecule has 13 nitrogen and oxygen atoms in total. The van der Waals surface area contributed by atoms with Gasteiger partial charge in [0.2, 0.25) is 17.7 Å². The lowest BCUT2D eigenvalue weighted by Gasteiger charge is -2.26. The number of aliphatic imine (C=N–C) groups is 1. The summed E-state index contributed by atoms with van der Waals surface area (Å²) in [6, 6.07) is 4.38. The molecule has 0 spiro atoms. The van der Waals surface area contributed by atoms with Crippen molar-refractivity contribution in [3.63, 3.8) is 0 Å². The molecule has 0 saturated carbocycles. The minimum Gasteiger partial charge on any atom is -0.480 e. The molecule has 5 unspecified atom stereocenters. The summed E-state index contributed by atoms with van der Waals surface area (Å²) in [7, 11) is 0. The summed E-state index contributed by atoms with van der Waals surface area (Å²) in [5.41, 5.74) is 17.6. The van der Waals surface area contributed by atoms with E-state index in [1.54, 1.807) is 6.26 Å². The summed E-state index contributed by atoms with van der Waals surface area (Å²) in [5.74, 6) is -3.09. The lowest BCUT2D eigenvalue weighted by Crippen LogP contribution is -2.60. The number of hydrogen-bond acceptors (Lipinski definition) is 8. The number of nitrogens with two attached hydrogens (primary N) is 3. The standard InChI is InChI=1S/C24H39N7O6S/c1-14(32)19(22(35)30-18(23(36)37)10-12-38-2)31-21(34)17(9-6-11-28-24(26)27)29-20(33)16(25)13-15-7-4-3-5-8-15/h3-5,7-8,14,16-19,32H,6,9-13,25H2,1-2H3,(H,29,33)(H,30,35)(H,31,34)(H,36,37)(H4,26,27,28). The molecule has 0 saturated heterocycles. The van der Waals surface area contributed by atoms with Crippen LogP contribution < -0.4 is 33.2 Å². The first-order chi connectivity index (χ1) is 18.0. The third-order valence-electron chi connectivity index (χ3n) is 5.50. The number of rotatable bonds is 17. The van der Waals surface area contributed by atoms with Gasteiger partial charge in [0.1, 0.15) is 18.1 Å². The number of carbonyl (C=O) groups excluding carboxylic acids is 3.